The molecule has 1 fully saturated rings. The molecule has 1 aliphatic heterocycles. The van der Waals surface area contributed by atoms with Gasteiger partial charge in [0.1, 0.15) is 4.90 Å². The minimum atomic E-state index is -3.48. The van der Waals surface area contributed by atoms with Gasteiger partial charge in [0.2, 0.25) is 10.0 Å². The van der Waals surface area contributed by atoms with Crippen molar-refractivity contribution in [1.82, 2.24) is 9.62 Å². The monoisotopic (exact) mass is 288 g/mol. The van der Waals surface area contributed by atoms with Gasteiger partial charge in [0, 0.05) is 19.6 Å². The van der Waals surface area contributed by atoms with Crippen LogP contribution in [0.25, 0.3) is 0 Å². The predicted molar refractivity (Wildman–Crippen MR) is 72.4 cm³/mol. The number of rotatable bonds is 2. The summed E-state index contributed by atoms with van der Waals surface area (Å²) in [6.45, 7) is 4.38. The highest BCUT2D eigenvalue weighted by Crippen LogP contribution is 2.27. The second kappa shape index (κ2) is 5.57. The van der Waals surface area contributed by atoms with Gasteiger partial charge in [-0.05, 0) is 31.5 Å². The third-order valence-corrected chi connectivity index (χ3v) is 5.63. The number of benzene rings is 1. The number of nitrogens with one attached hydrogen (secondary N) is 1. The lowest BCUT2D eigenvalue weighted by molar-refractivity contribution is 0.432. The van der Waals surface area contributed by atoms with Crippen LogP contribution >= 0.6 is 11.6 Å². The van der Waals surface area contributed by atoms with Gasteiger partial charge in [-0.15, -0.1) is 0 Å². The summed E-state index contributed by atoms with van der Waals surface area (Å²) in [4.78, 5) is 0.214. The van der Waals surface area contributed by atoms with Crippen LogP contribution in [0.5, 0.6) is 0 Å². The lowest BCUT2D eigenvalue weighted by Gasteiger charge is -2.20. The topological polar surface area (TPSA) is 49.4 Å². The number of hydrogen-bond donors (Lipinski definition) is 1. The van der Waals surface area contributed by atoms with Gasteiger partial charge in [0.05, 0.1) is 5.02 Å². The predicted octanol–water partition coefficient (Wildman–Crippen LogP) is 1.63. The number of aryl methyl sites for hydroxylation is 1. The van der Waals surface area contributed by atoms with E-state index in [1.54, 1.807) is 12.1 Å². The number of nitrogens with zero attached hydrogens (tertiary/aromatic N) is 1. The third kappa shape index (κ3) is 2.69. The first-order chi connectivity index (χ1) is 8.53. The second-order valence-electron chi connectivity index (χ2n) is 4.39. The fraction of sp³-hybridized carbons (Fsp3) is 0.500. The molecule has 0 atom stereocenters. The molecule has 0 amide bonds. The van der Waals surface area contributed by atoms with Crippen LogP contribution in [0.1, 0.15) is 12.0 Å². The normalized spacial score (nSPS) is 18.6. The Hall–Kier alpha value is -0.620. The Labute approximate surface area is 113 Å². The van der Waals surface area contributed by atoms with Gasteiger partial charge in [0.15, 0.2) is 0 Å². The number of sulfonamides is 1. The molecule has 0 aliphatic carbocycles. The molecular formula is C12H17ClN2O2S. The van der Waals surface area contributed by atoms with E-state index in [9.17, 15) is 8.42 Å². The molecule has 2 rings (SSSR count). The molecule has 1 aliphatic rings. The fourth-order valence-electron chi connectivity index (χ4n) is 2.02. The Morgan fingerprint density at radius 3 is 2.83 bits per heavy atom. The van der Waals surface area contributed by atoms with Crippen molar-refractivity contribution in [3.63, 3.8) is 0 Å². The maximum atomic E-state index is 12.5. The van der Waals surface area contributed by atoms with Gasteiger partial charge in [0.25, 0.3) is 0 Å². The zero-order chi connectivity index (χ0) is 13.2. The van der Waals surface area contributed by atoms with E-state index in [1.807, 2.05) is 13.0 Å². The largest absolute Gasteiger partial charge is 0.315 e. The highest BCUT2D eigenvalue weighted by molar-refractivity contribution is 7.89. The molecule has 0 spiro atoms. The summed E-state index contributed by atoms with van der Waals surface area (Å²) in [5.41, 5.74) is 0.783. The molecule has 4 nitrogen and oxygen atoms in total. The van der Waals surface area contributed by atoms with Crippen LogP contribution in [-0.2, 0) is 10.0 Å². The van der Waals surface area contributed by atoms with Gasteiger partial charge < -0.3 is 5.32 Å². The Morgan fingerprint density at radius 1 is 1.28 bits per heavy atom. The van der Waals surface area contributed by atoms with Crippen molar-refractivity contribution < 1.29 is 8.42 Å². The van der Waals surface area contributed by atoms with Crippen molar-refractivity contribution in [2.24, 2.45) is 0 Å². The Bertz CT molecular complexity index is 523. The van der Waals surface area contributed by atoms with E-state index in [0.29, 0.717) is 24.7 Å². The van der Waals surface area contributed by atoms with E-state index in [2.05, 4.69) is 5.32 Å². The molecule has 1 aromatic carbocycles. The second-order valence-corrected chi connectivity index (χ2v) is 6.68. The van der Waals surface area contributed by atoms with Crippen molar-refractivity contribution >= 4 is 21.6 Å². The molecule has 0 unspecified atom stereocenters. The summed E-state index contributed by atoms with van der Waals surface area (Å²) in [6.07, 6.45) is 0.822. The van der Waals surface area contributed by atoms with E-state index in [-0.39, 0.29) is 4.90 Å². The van der Waals surface area contributed by atoms with E-state index in [1.165, 1.54) is 4.31 Å². The van der Waals surface area contributed by atoms with Crippen molar-refractivity contribution in [3.8, 4) is 0 Å². The van der Waals surface area contributed by atoms with Gasteiger partial charge in [-0.1, -0.05) is 23.7 Å². The Kier molecular flexibility index (Phi) is 4.27. The molecular weight excluding hydrogens is 272 g/mol. The molecule has 1 N–H and O–H groups in total. The standard InChI is InChI=1S/C12H17ClN2O2S/c1-10-4-2-5-11(12(10)13)18(16,17)15-8-3-6-14-7-9-15/h2,4-5,14H,3,6-9H2,1H3. The highest BCUT2D eigenvalue weighted by atomic mass is 35.5. The number of hydrogen-bond acceptors (Lipinski definition) is 3. The minimum absolute atomic E-state index is 0.214. The first-order valence-corrected chi connectivity index (χ1v) is 7.81. The molecule has 0 saturated carbocycles. The maximum Gasteiger partial charge on any atom is 0.244 e. The summed E-state index contributed by atoms with van der Waals surface area (Å²) in [7, 11) is -3.48. The molecule has 100 valence electrons. The van der Waals surface area contributed by atoms with Crippen LogP contribution in [-0.4, -0.2) is 38.9 Å². The summed E-state index contributed by atoms with van der Waals surface area (Å²) in [5.74, 6) is 0. The maximum absolute atomic E-state index is 12.5. The molecule has 6 heteroatoms. The van der Waals surface area contributed by atoms with Crippen LogP contribution < -0.4 is 5.32 Å². The van der Waals surface area contributed by atoms with Crippen LogP contribution in [0.3, 0.4) is 0 Å². The van der Waals surface area contributed by atoms with E-state index >= 15 is 0 Å². The number of halogens is 1. The molecule has 0 radical (unpaired) electrons. The average Bonchev–Trinajstić information content (AvgIpc) is 2.61. The lowest BCUT2D eigenvalue weighted by Crippen LogP contribution is -2.34. The van der Waals surface area contributed by atoms with Crippen molar-refractivity contribution in [3.05, 3.63) is 28.8 Å². The highest BCUT2D eigenvalue weighted by Gasteiger charge is 2.27. The van der Waals surface area contributed by atoms with Gasteiger partial charge in [-0.2, -0.15) is 4.31 Å². The molecule has 18 heavy (non-hydrogen) atoms. The van der Waals surface area contributed by atoms with Gasteiger partial charge in [-0.25, -0.2) is 8.42 Å². The Morgan fingerprint density at radius 2 is 2.06 bits per heavy atom. The third-order valence-electron chi connectivity index (χ3n) is 3.07. The molecule has 1 heterocycles. The smallest absolute Gasteiger partial charge is 0.244 e. The average molecular weight is 289 g/mol. The van der Waals surface area contributed by atoms with Crippen LogP contribution in [0.2, 0.25) is 5.02 Å². The van der Waals surface area contributed by atoms with E-state index < -0.39 is 10.0 Å². The zero-order valence-electron chi connectivity index (χ0n) is 10.3. The van der Waals surface area contributed by atoms with Gasteiger partial charge >= 0.3 is 0 Å². The summed E-state index contributed by atoms with van der Waals surface area (Å²) in [5, 5.41) is 3.52. The Balaban J connectivity index is 2.38. The fourth-order valence-corrected chi connectivity index (χ4v) is 4.06. The van der Waals surface area contributed by atoms with E-state index in [4.69, 9.17) is 11.6 Å². The summed E-state index contributed by atoms with van der Waals surface area (Å²) in [6, 6.07) is 5.11. The van der Waals surface area contributed by atoms with Crippen molar-refractivity contribution in [1.29, 1.82) is 0 Å². The molecule has 1 aromatic rings. The van der Waals surface area contributed by atoms with Gasteiger partial charge in [-0.3, -0.25) is 0 Å². The minimum Gasteiger partial charge on any atom is -0.315 e. The summed E-state index contributed by atoms with van der Waals surface area (Å²) >= 11 is 6.12. The molecule has 0 bridgehead atoms. The van der Waals surface area contributed by atoms with Crippen LogP contribution in [0.15, 0.2) is 23.1 Å². The molecule has 1 saturated heterocycles. The first kappa shape index (κ1) is 13.8. The quantitative estimate of drug-likeness (QED) is 0.900. The zero-order valence-corrected chi connectivity index (χ0v) is 11.9. The van der Waals surface area contributed by atoms with E-state index in [0.717, 1.165) is 18.5 Å². The molecule has 0 aromatic heterocycles. The van der Waals surface area contributed by atoms with Crippen molar-refractivity contribution in [2.45, 2.75) is 18.2 Å². The SMILES string of the molecule is Cc1cccc(S(=O)(=O)N2CCCNCC2)c1Cl. The van der Waals surface area contributed by atoms with Crippen LogP contribution in [0, 0.1) is 6.92 Å². The van der Waals surface area contributed by atoms with Crippen molar-refractivity contribution in [2.75, 3.05) is 26.2 Å². The summed E-state index contributed by atoms with van der Waals surface area (Å²) < 4.78 is 26.6. The first-order valence-electron chi connectivity index (χ1n) is 5.99. The lowest BCUT2D eigenvalue weighted by atomic mass is 10.2. The van der Waals surface area contributed by atoms with Crippen LogP contribution in [0.4, 0.5) is 0 Å².